The Morgan fingerprint density at radius 1 is 0.828 bits per heavy atom. The van der Waals surface area contributed by atoms with Crippen molar-refractivity contribution in [3.8, 4) is 0 Å². The normalized spacial score (nSPS) is 19.1. The van der Waals surface area contributed by atoms with Gasteiger partial charge < -0.3 is 14.6 Å². The minimum absolute atomic E-state index is 0. The van der Waals surface area contributed by atoms with Crippen LogP contribution in [0.1, 0.15) is 110 Å². The minimum Gasteiger partial charge on any atom is -0.550 e. The number of allylic oxidation sites excluding steroid dienone is 2. The Balaban J connectivity index is 0.00000784. The predicted octanol–water partition coefficient (Wildman–Crippen LogP) is 2.35. The van der Waals surface area contributed by atoms with Crippen molar-refractivity contribution >= 4 is 11.9 Å². The van der Waals surface area contributed by atoms with Crippen LogP contribution < -0.4 is 34.7 Å². The summed E-state index contributed by atoms with van der Waals surface area (Å²) in [6.07, 6.45) is 22.2. The Labute approximate surface area is 200 Å². The van der Waals surface area contributed by atoms with Crippen LogP contribution in [0, 0.1) is 11.8 Å². The second-order valence-electron chi connectivity index (χ2n) is 8.21. The van der Waals surface area contributed by atoms with Crippen LogP contribution in [0.2, 0.25) is 0 Å². The molecule has 0 heterocycles. The number of rotatable bonds is 16. The van der Waals surface area contributed by atoms with Gasteiger partial charge in [0.15, 0.2) is 0 Å². The summed E-state index contributed by atoms with van der Waals surface area (Å²) in [4.78, 5) is 23.3. The maximum atomic E-state index is 12.1. The third-order valence-corrected chi connectivity index (χ3v) is 5.77. The molecule has 29 heavy (non-hydrogen) atoms. The largest absolute Gasteiger partial charge is 1.00 e. The van der Waals surface area contributed by atoms with Crippen LogP contribution in [0.3, 0.4) is 0 Å². The van der Waals surface area contributed by atoms with E-state index >= 15 is 0 Å². The molecule has 4 nitrogen and oxygen atoms in total. The zero-order valence-electron chi connectivity index (χ0n) is 19.0. The maximum absolute atomic E-state index is 12.1. The van der Waals surface area contributed by atoms with Crippen molar-refractivity contribution in [3.63, 3.8) is 0 Å². The van der Waals surface area contributed by atoms with Crippen molar-refractivity contribution in [1.82, 2.24) is 0 Å². The number of ether oxygens (including phenoxy) is 1. The molecule has 1 aliphatic carbocycles. The molecule has 0 spiro atoms. The topological polar surface area (TPSA) is 66.4 Å². The first-order valence-electron chi connectivity index (χ1n) is 11.7. The molecule has 0 saturated heterocycles. The Kier molecular flexibility index (Phi) is 19.4. The van der Waals surface area contributed by atoms with E-state index in [1.54, 1.807) is 0 Å². The summed E-state index contributed by atoms with van der Waals surface area (Å²) < 4.78 is 5.33. The monoisotopic (exact) mass is 416 g/mol. The standard InChI is InChI=1S/C24H42O4.Na/c1-2-3-4-5-6-7-8-9-10-11-12-13-14-17-20-28-24(27)22-19-16-15-18-21(22)23(25)26;/h8-9,21-22H,2-7,10-20H2,1H3,(H,25,26);/q;+1/p-1/b9-8+;. The molecule has 1 rings (SSSR count). The van der Waals surface area contributed by atoms with E-state index in [1.165, 1.54) is 51.4 Å². The molecule has 2 unspecified atom stereocenters. The average molecular weight is 417 g/mol. The van der Waals surface area contributed by atoms with Gasteiger partial charge in [0.05, 0.1) is 12.5 Å². The van der Waals surface area contributed by atoms with Crippen LogP contribution in [0.15, 0.2) is 12.2 Å². The molecule has 0 N–H and O–H groups in total. The molecule has 0 aromatic heterocycles. The predicted molar refractivity (Wildman–Crippen MR) is 112 cm³/mol. The van der Waals surface area contributed by atoms with Crippen LogP contribution in [0.5, 0.6) is 0 Å². The van der Waals surface area contributed by atoms with Gasteiger partial charge >= 0.3 is 35.5 Å². The fourth-order valence-corrected chi connectivity index (χ4v) is 3.97. The van der Waals surface area contributed by atoms with Gasteiger partial charge in [-0.2, -0.15) is 0 Å². The summed E-state index contributed by atoms with van der Waals surface area (Å²) in [5.74, 6) is -2.61. The molecule has 0 aliphatic heterocycles. The Bertz CT molecular complexity index is 450. The first kappa shape index (κ1) is 28.7. The van der Waals surface area contributed by atoms with Crippen LogP contribution in [0.4, 0.5) is 0 Å². The number of carboxylic acids is 1. The van der Waals surface area contributed by atoms with E-state index in [0.717, 1.165) is 38.5 Å². The number of unbranched alkanes of at least 4 members (excludes halogenated alkanes) is 10. The van der Waals surface area contributed by atoms with Crippen molar-refractivity contribution in [3.05, 3.63) is 12.2 Å². The second kappa shape index (κ2) is 19.6. The molecule has 5 heteroatoms. The van der Waals surface area contributed by atoms with E-state index in [1.807, 2.05) is 0 Å². The SMILES string of the molecule is CCCCCCC/C=C/CCCCCCCOC(=O)C1CCCCC1C(=O)[O-].[Na+]. The first-order chi connectivity index (χ1) is 13.7. The Morgan fingerprint density at radius 3 is 1.93 bits per heavy atom. The molecule has 0 bridgehead atoms. The van der Waals surface area contributed by atoms with E-state index in [-0.39, 0.29) is 35.5 Å². The molecular formula is C24H41NaO4. The average Bonchev–Trinajstić information content (AvgIpc) is 2.70. The quantitative estimate of drug-likeness (QED) is 0.168. The Morgan fingerprint density at radius 2 is 1.34 bits per heavy atom. The van der Waals surface area contributed by atoms with E-state index in [4.69, 9.17) is 4.74 Å². The summed E-state index contributed by atoms with van der Waals surface area (Å²) in [7, 11) is 0. The van der Waals surface area contributed by atoms with E-state index in [9.17, 15) is 14.7 Å². The van der Waals surface area contributed by atoms with Gasteiger partial charge in [-0.25, -0.2) is 0 Å². The third-order valence-electron chi connectivity index (χ3n) is 5.77. The number of hydrogen-bond donors (Lipinski definition) is 0. The molecule has 0 aromatic carbocycles. The van der Waals surface area contributed by atoms with Gasteiger partial charge in [-0.1, -0.05) is 76.9 Å². The van der Waals surface area contributed by atoms with Crippen molar-refractivity contribution in [1.29, 1.82) is 0 Å². The van der Waals surface area contributed by atoms with Gasteiger partial charge in [0.25, 0.3) is 0 Å². The fourth-order valence-electron chi connectivity index (χ4n) is 3.97. The molecule has 1 aliphatic rings. The van der Waals surface area contributed by atoms with Crippen molar-refractivity contribution in [2.45, 2.75) is 110 Å². The van der Waals surface area contributed by atoms with Gasteiger partial charge in [0.1, 0.15) is 0 Å². The molecule has 0 aromatic rings. The molecule has 1 saturated carbocycles. The summed E-state index contributed by atoms with van der Waals surface area (Å²) in [6.45, 7) is 2.66. The van der Waals surface area contributed by atoms with Crippen LogP contribution in [-0.4, -0.2) is 18.5 Å². The summed E-state index contributed by atoms with van der Waals surface area (Å²) >= 11 is 0. The van der Waals surface area contributed by atoms with Crippen LogP contribution >= 0.6 is 0 Å². The fraction of sp³-hybridized carbons (Fsp3) is 0.833. The zero-order chi connectivity index (χ0) is 20.5. The van der Waals surface area contributed by atoms with Gasteiger partial charge in [0.2, 0.25) is 0 Å². The smallest absolute Gasteiger partial charge is 0.550 e. The molecule has 2 atom stereocenters. The maximum Gasteiger partial charge on any atom is 1.00 e. The summed E-state index contributed by atoms with van der Waals surface area (Å²) in [5, 5.41) is 11.2. The van der Waals surface area contributed by atoms with Crippen LogP contribution in [-0.2, 0) is 14.3 Å². The molecule has 0 amide bonds. The van der Waals surface area contributed by atoms with Gasteiger partial charge in [0, 0.05) is 11.9 Å². The molecule has 1 fully saturated rings. The number of carbonyl (C=O) groups is 2. The summed E-state index contributed by atoms with van der Waals surface area (Å²) in [5.41, 5.74) is 0. The van der Waals surface area contributed by atoms with Crippen molar-refractivity contribution in [2.75, 3.05) is 6.61 Å². The summed E-state index contributed by atoms with van der Waals surface area (Å²) in [6, 6.07) is 0. The number of esters is 1. The van der Waals surface area contributed by atoms with Crippen molar-refractivity contribution < 1.29 is 49.0 Å². The van der Waals surface area contributed by atoms with E-state index in [2.05, 4.69) is 19.1 Å². The molecule has 0 radical (unpaired) electrons. The second-order valence-corrected chi connectivity index (χ2v) is 8.21. The number of carbonyl (C=O) groups excluding carboxylic acids is 2. The molecule has 162 valence electrons. The number of aliphatic carboxylic acids is 1. The molecular weight excluding hydrogens is 375 g/mol. The Hall–Kier alpha value is -0.320. The zero-order valence-corrected chi connectivity index (χ0v) is 21.0. The first-order valence-corrected chi connectivity index (χ1v) is 11.7. The van der Waals surface area contributed by atoms with E-state index in [0.29, 0.717) is 19.4 Å². The minimum atomic E-state index is -1.10. The van der Waals surface area contributed by atoms with Crippen molar-refractivity contribution in [2.24, 2.45) is 11.8 Å². The van der Waals surface area contributed by atoms with Gasteiger partial charge in [-0.05, 0) is 44.9 Å². The van der Waals surface area contributed by atoms with E-state index < -0.39 is 17.8 Å². The number of carboxylic acid groups (broad SMARTS) is 1. The van der Waals surface area contributed by atoms with Gasteiger partial charge in [-0.3, -0.25) is 4.79 Å². The van der Waals surface area contributed by atoms with Gasteiger partial charge in [-0.15, -0.1) is 0 Å². The van der Waals surface area contributed by atoms with Crippen LogP contribution in [0.25, 0.3) is 0 Å². The number of hydrogen-bond acceptors (Lipinski definition) is 4. The third kappa shape index (κ3) is 14.3.